The molecule has 1 aliphatic rings. The summed E-state index contributed by atoms with van der Waals surface area (Å²) in [6.45, 7) is 2.20. The lowest BCUT2D eigenvalue weighted by Crippen LogP contribution is -2.46. The average Bonchev–Trinajstić information content (AvgIpc) is 2.65. The Hall–Kier alpha value is -3.61. The van der Waals surface area contributed by atoms with Gasteiger partial charge in [-0.3, -0.25) is 19.7 Å². The van der Waals surface area contributed by atoms with Gasteiger partial charge in [0.15, 0.2) is 0 Å². The van der Waals surface area contributed by atoms with Crippen LogP contribution in [0.5, 0.6) is 0 Å². The molecule has 0 saturated heterocycles. The number of nitrogens with zero attached hydrogens (tertiary/aromatic N) is 1. The number of aromatic amines is 1. The second-order valence-corrected chi connectivity index (χ2v) is 6.54. The fourth-order valence-electron chi connectivity index (χ4n) is 3.26. The molecule has 0 fully saturated rings. The van der Waals surface area contributed by atoms with Crippen LogP contribution in [0.1, 0.15) is 28.3 Å². The van der Waals surface area contributed by atoms with Crippen molar-refractivity contribution in [2.75, 3.05) is 5.32 Å². The third kappa shape index (κ3) is 3.15. The molecule has 4 rings (SSSR count). The van der Waals surface area contributed by atoms with Gasteiger partial charge < -0.3 is 5.32 Å². The summed E-state index contributed by atoms with van der Waals surface area (Å²) >= 11 is 0. The molecular formula is C20H18N4O3. The van der Waals surface area contributed by atoms with E-state index in [1.807, 2.05) is 61.5 Å². The number of carbonyl (C=O) groups is 1. The maximum absolute atomic E-state index is 12.6. The molecule has 7 heteroatoms. The molecular weight excluding hydrogens is 344 g/mol. The van der Waals surface area contributed by atoms with E-state index in [4.69, 9.17) is 0 Å². The lowest BCUT2D eigenvalue weighted by Gasteiger charge is -2.28. The van der Waals surface area contributed by atoms with Gasteiger partial charge in [-0.25, -0.2) is 9.59 Å². The summed E-state index contributed by atoms with van der Waals surface area (Å²) < 4.78 is 1.38. The van der Waals surface area contributed by atoms with Crippen LogP contribution < -0.4 is 21.9 Å². The van der Waals surface area contributed by atoms with Crippen molar-refractivity contribution in [1.82, 2.24) is 14.9 Å². The smallest absolute Gasteiger partial charge is 0.327 e. The molecule has 7 nitrogen and oxygen atoms in total. The fourth-order valence-corrected chi connectivity index (χ4v) is 3.26. The number of carbonyl (C=O) groups excluding carboxylic acids is 1. The number of aromatic nitrogens is 2. The van der Waals surface area contributed by atoms with E-state index >= 15 is 0 Å². The molecule has 0 radical (unpaired) electrons. The number of benzene rings is 2. The molecule has 1 atom stereocenters. The highest BCUT2D eigenvalue weighted by Gasteiger charge is 2.31. The van der Waals surface area contributed by atoms with Gasteiger partial charge in [0.2, 0.25) is 0 Å². The number of aryl methyl sites for hydroxylation is 1. The first-order valence-corrected chi connectivity index (χ1v) is 8.58. The van der Waals surface area contributed by atoms with Crippen LogP contribution in [0.3, 0.4) is 0 Å². The Bertz CT molecular complexity index is 1110. The molecule has 1 unspecified atom stereocenters. The van der Waals surface area contributed by atoms with Crippen molar-refractivity contribution in [3.05, 3.63) is 97.7 Å². The van der Waals surface area contributed by atoms with Crippen molar-refractivity contribution in [2.24, 2.45) is 0 Å². The Morgan fingerprint density at radius 3 is 2.37 bits per heavy atom. The van der Waals surface area contributed by atoms with E-state index in [1.54, 1.807) is 0 Å². The molecule has 3 aromatic rings. The minimum absolute atomic E-state index is 0.224. The van der Waals surface area contributed by atoms with Gasteiger partial charge in [-0.15, -0.1) is 0 Å². The van der Waals surface area contributed by atoms with Crippen molar-refractivity contribution in [2.45, 2.75) is 19.5 Å². The highest BCUT2D eigenvalue weighted by Crippen LogP contribution is 2.28. The van der Waals surface area contributed by atoms with E-state index in [2.05, 4.69) is 15.6 Å². The number of anilines is 1. The van der Waals surface area contributed by atoms with Crippen LogP contribution in [0.15, 0.2) is 64.2 Å². The summed E-state index contributed by atoms with van der Waals surface area (Å²) in [4.78, 5) is 39.7. The van der Waals surface area contributed by atoms with Gasteiger partial charge in [-0.1, -0.05) is 60.2 Å². The van der Waals surface area contributed by atoms with Crippen molar-refractivity contribution >= 4 is 11.8 Å². The van der Waals surface area contributed by atoms with Gasteiger partial charge in [0, 0.05) is 0 Å². The number of hydrogen-bond acceptors (Lipinski definition) is 3. The standard InChI is InChI=1S/C20H18N4O3/c1-12-7-9-14(10-8-12)16-15-17(22-19(26)21-16)24(20(27)23-18(15)25)11-13-5-3-2-4-6-13/h2-10,16H,11H2,1H3,(H2,21,22,26)(H,23,25,27). The van der Waals surface area contributed by atoms with Crippen molar-refractivity contribution in [3.63, 3.8) is 0 Å². The maximum atomic E-state index is 12.6. The first kappa shape index (κ1) is 16.8. The first-order chi connectivity index (χ1) is 13.0. The van der Waals surface area contributed by atoms with Crippen LogP contribution in [0.25, 0.3) is 0 Å². The molecule has 0 spiro atoms. The first-order valence-electron chi connectivity index (χ1n) is 8.58. The van der Waals surface area contributed by atoms with Crippen LogP contribution in [-0.4, -0.2) is 15.6 Å². The van der Waals surface area contributed by atoms with E-state index < -0.39 is 23.3 Å². The minimum atomic E-state index is -0.638. The van der Waals surface area contributed by atoms with Gasteiger partial charge in [0.1, 0.15) is 5.82 Å². The Labute approximate surface area is 154 Å². The normalized spacial score (nSPS) is 15.6. The van der Waals surface area contributed by atoms with E-state index in [-0.39, 0.29) is 12.4 Å². The zero-order valence-electron chi connectivity index (χ0n) is 14.7. The largest absolute Gasteiger partial charge is 0.330 e. The summed E-state index contributed by atoms with van der Waals surface area (Å²) in [6.07, 6.45) is 0. The molecule has 1 aliphatic heterocycles. The second kappa shape index (κ2) is 6.60. The molecule has 1 aromatic heterocycles. The average molecular weight is 362 g/mol. The monoisotopic (exact) mass is 362 g/mol. The predicted molar refractivity (Wildman–Crippen MR) is 102 cm³/mol. The minimum Gasteiger partial charge on any atom is -0.327 e. The molecule has 0 aliphatic carbocycles. The predicted octanol–water partition coefficient (Wildman–Crippen LogP) is 2.12. The fraction of sp³-hybridized carbons (Fsp3) is 0.150. The SMILES string of the molecule is Cc1ccc(C2NC(=O)Nc3c2c(=O)[nH]c(=O)n3Cc2ccccc2)cc1. The highest BCUT2D eigenvalue weighted by atomic mass is 16.2. The number of amides is 2. The van der Waals surface area contributed by atoms with Crippen LogP contribution in [-0.2, 0) is 6.54 Å². The molecule has 2 amide bonds. The zero-order chi connectivity index (χ0) is 19.0. The lowest BCUT2D eigenvalue weighted by molar-refractivity contribution is 0.248. The molecule has 27 heavy (non-hydrogen) atoms. The summed E-state index contributed by atoms with van der Waals surface area (Å²) in [5.41, 5.74) is 1.96. The molecule has 2 aromatic carbocycles. The molecule has 136 valence electrons. The molecule has 3 N–H and O–H groups in total. The van der Waals surface area contributed by atoms with Crippen molar-refractivity contribution in [1.29, 1.82) is 0 Å². The van der Waals surface area contributed by atoms with Crippen molar-refractivity contribution in [3.8, 4) is 0 Å². The van der Waals surface area contributed by atoms with Gasteiger partial charge in [-0.05, 0) is 18.1 Å². The van der Waals surface area contributed by atoms with Crippen LogP contribution >= 0.6 is 0 Å². The molecule has 2 heterocycles. The van der Waals surface area contributed by atoms with Crippen LogP contribution in [0.4, 0.5) is 10.6 Å². The van der Waals surface area contributed by atoms with Crippen molar-refractivity contribution < 1.29 is 4.79 Å². The zero-order valence-corrected chi connectivity index (χ0v) is 14.7. The van der Waals surface area contributed by atoms with Gasteiger partial charge in [-0.2, -0.15) is 0 Å². The Kier molecular flexibility index (Phi) is 4.12. The van der Waals surface area contributed by atoms with Crippen LogP contribution in [0, 0.1) is 6.92 Å². The van der Waals surface area contributed by atoms with E-state index in [9.17, 15) is 14.4 Å². The number of H-pyrrole nitrogens is 1. The number of urea groups is 1. The maximum Gasteiger partial charge on any atom is 0.330 e. The highest BCUT2D eigenvalue weighted by molar-refractivity contribution is 5.92. The Morgan fingerprint density at radius 1 is 0.963 bits per heavy atom. The lowest BCUT2D eigenvalue weighted by atomic mass is 9.97. The second-order valence-electron chi connectivity index (χ2n) is 6.54. The number of hydrogen-bond donors (Lipinski definition) is 3. The molecule has 0 saturated carbocycles. The number of rotatable bonds is 3. The van der Waals surface area contributed by atoms with Gasteiger partial charge in [0.05, 0.1) is 18.2 Å². The van der Waals surface area contributed by atoms with Crippen LogP contribution in [0.2, 0.25) is 0 Å². The third-order valence-electron chi connectivity index (χ3n) is 4.63. The number of fused-ring (bicyclic) bond motifs is 1. The summed E-state index contributed by atoms with van der Waals surface area (Å²) in [5, 5.41) is 5.41. The Balaban J connectivity index is 1.88. The van der Waals surface area contributed by atoms with E-state index in [0.717, 1.165) is 16.7 Å². The van der Waals surface area contributed by atoms with Gasteiger partial charge in [0.25, 0.3) is 5.56 Å². The molecule has 0 bridgehead atoms. The number of nitrogens with one attached hydrogen (secondary N) is 3. The van der Waals surface area contributed by atoms with E-state index in [1.165, 1.54) is 4.57 Å². The van der Waals surface area contributed by atoms with Gasteiger partial charge >= 0.3 is 11.7 Å². The Morgan fingerprint density at radius 2 is 1.67 bits per heavy atom. The summed E-state index contributed by atoms with van der Waals surface area (Å²) in [5.74, 6) is 0.224. The summed E-state index contributed by atoms with van der Waals surface area (Å²) in [6, 6.07) is 15.8. The third-order valence-corrected chi connectivity index (χ3v) is 4.63. The quantitative estimate of drug-likeness (QED) is 0.666. The van der Waals surface area contributed by atoms with E-state index in [0.29, 0.717) is 5.56 Å². The summed E-state index contributed by atoms with van der Waals surface area (Å²) in [7, 11) is 0. The topological polar surface area (TPSA) is 96.0 Å².